The minimum atomic E-state index is -0.481. The van der Waals surface area contributed by atoms with Gasteiger partial charge in [0, 0.05) is 22.0 Å². The number of piperidine rings is 1. The molecule has 0 aliphatic carbocycles. The van der Waals surface area contributed by atoms with Gasteiger partial charge in [0.05, 0.1) is 4.75 Å². The first-order valence-electron chi connectivity index (χ1n) is 7.35. The van der Waals surface area contributed by atoms with E-state index in [1.807, 2.05) is 38.1 Å². The zero-order valence-electron chi connectivity index (χ0n) is 13.2. The summed E-state index contributed by atoms with van der Waals surface area (Å²) in [5.41, 5.74) is 0. The molecule has 1 amide bonds. The van der Waals surface area contributed by atoms with Crippen molar-refractivity contribution >= 4 is 46.0 Å². The van der Waals surface area contributed by atoms with E-state index in [1.54, 1.807) is 11.8 Å². The fourth-order valence-electron chi connectivity index (χ4n) is 2.37. The van der Waals surface area contributed by atoms with E-state index >= 15 is 0 Å². The topological polar surface area (TPSA) is 41.1 Å². The molecule has 2 rings (SSSR count). The van der Waals surface area contributed by atoms with Gasteiger partial charge in [-0.25, -0.2) is 0 Å². The van der Waals surface area contributed by atoms with E-state index in [2.05, 4.69) is 33.5 Å². The van der Waals surface area contributed by atoms with Crippen molar-refractivity contribution in [1.29, 1.82) is 0 Å². The molecule has 0 bridgehead atoms. The molecule has 1 aliphatic rings. The van der Waals surface area contributed by atoms with Gasteiger partial charge in [-0.15, -0.1) is 24.2 Å². The second-order valence-corrected chi connectivity index (χ2v) is 8.73. The lowest BCUT2D eigenvalue weighted by atomic mass is 9.94. The number of carbonyl (C=O) groups is 1. The molecule has 22 heavy (non-hydrogen) atoms. The smallest absolute Gasteiger partial charge is 0.236 e. The summed E-state index contributed by atoms with van der Waals surface area (Å²) in [6, 6.07) is 8.31. The third-order valence-corrected chi connectivity index (χ3v) is 5.61. The van der Waals surface area contributed by atoms with Crippen molar-refractivity contribution in [3.63, 3.8) is 0 Å². The van der Waals surface area contributed by atoms with Crippen LogP contribution >= 0.6 is 40.1 Å². The molecule has 1 aromatic carbocycles. The first-order chi connectivity index (χ1) is 9.88. The van der Waals surface area contributed by atoms with Crippen molar-refractivity contribution in [2.24, 2.45) is 5.92 Å². The monoisotopic (exact) mass is 406 g/mol. The Morgan fingerprint density at radius 1 is 1.36 bits per heavy atom. The van der Waals surface area contributed by atoms with Gasteiger partial charge < -0.3 is 10.6 Å². The predicted molar refractivity (Wildman–Crippen MR) is 99.9 cm³/mol. The highest BCUT2D eigenvalue weighted by atomic mass is 79.9. The number of carbonyl (C=O) groups excluding carboxylic acids is 1. The van der Waals surface area contributed by atoms with Crippen LogP contribution in [0, 0.1) is 5.92 Å². The molecule has 0 saturated carbocycles. The van der Waals surface area contributed by atoms with Crippen LogP contribution in [0.4, 0.5) is 0 Å². The SMILES string of the molecule is CC1CCNCC1NC(=O)C(C)(C)Sc1ccc(Br)cc1.Cl. The molecule has 2 N–H and O–H groups in total. The standard InChI is InChI=1S/C16H23BrN2OS.ClH/c1-11-8-9-18-10-14(11)19-15(20)16(2,3)21-13-6-4-12(17)5-7-13;/h4-7,11,14,18H,8-10H2,1-3H3,(H,19,20);1H. The van der Waals surface area contributed by atoms with Crippen molar-refractivity contribution < 1.29 is 4.79 Å². The lowest BCUT2D eigenvalue weighted by Gasteiger charge is -2.33. The van der Waals surface area contributed by atoms with E-state index in [-0.39, 0.29) is 24.4 Å². The number of amides is 1. The Kier molecular flexibility index (Phi) is 7.72. The van der Waals surface area contributed by atoms with Crippen LogP contribution in [0.5, 0.6) is 0 Å². The van der Waals surface area contributed by atoms with Crippen molar-refractivity contribution in [3.8, 4) is 0 Å². The quantitative estimate of drug-likeness (QED) is 0.745. The maximum Gasteiger partial charge on any atom is 0.236 e. The molecule has 0 spiro atoms. The zero-order chi connectivity index (χ0) is 15.5. The summed E-state index contributed by atoms with van der Waals surface area (Å²) in [5.74, 6) is 0.639. The van der Waals surface area contributed by atoms with Crippen LogP contribution < -0.4 is 10.6 Å². The maximum atomic E-state index is 12.6. The van der Waals surface area contributed by atoms with Crippen LogP contribution in [-0.4, -0.2) is 29.8 Å². The van der Waals surface area contributed by atoms with Crippen LogP contribution in [0.25, 0.3) is 0 Å². The van der Waals surface area contributed by atoms with Gasteiger partial charge >= 0.3 is 0 Å². The highest BCUT2D eigenvalue weighted by molar-refractivity contribution is 9.10. The van der Waals surface area contributed by atoms with Gasteiger partial charge in [-0.3, -0.25) is 4.79 Å². The molecular formula is C16H24BrClN2OS. The van der Waals surface area contributed by atoms with Crippen LogP contribution in [-0.2, 0) is 4.79 Å². The normalized spacial score (nSPS) is 21.8. The summed E-state index contributed by atoms with van der Waals surface area (Å²) in [6.45, 7) is 8.09. The molecule has 2 unspecified atom stereocenters. The van der Waals surface area contributed by atoms with E-state index in [0.29, 0.717) is 5.92 Å². The van der Waals surface area contributed by atoms with Gasteiger partial charge in [-0.1, -0.05) is 22.9 Å². The Labute approximate surface area is 151 Å². The molecular weight excluding hydrogens is 384 g/mol. The second-order valence-electron chi connectivity index (χ2n) is 6.12. The van der Waals surface area contributed by atoms with E-state index in [9.17, 15) is 4.79 Å². The van der Waals surface area contributed by atoms with E-state index < -0.39 is 4.75 Å². The summed E-state index contributed by atoms with van der Waals surface area (Å²) >= 11 is 5.03. The van der Waals surface area contributed by atoms with Gasteiger partial charge in [-0.05, 0) is 57.0 Å². The molecule has 124 valence electrons. The Hall–Kier alpha value is -0.230. The third kappa shape index (κ3) is 5.44. The molecule has 1 saturated heterocycles. The van der Waals surface area contributed by atoms with Crippen molar-refractivity contribution in [3.05, 3.63) is 28.7 Å². The second kappa shape index (κ2) is 8.57. The molecule has 0 aromatic heterocycles. The first kappa shape index (κ1) is 19.8. The number of thioether (sulfide) groups is 1. The molecule has 1 fully saturated rings. The first-order valence-corrected chi connectivity index (χ1v) is 8.96. The summed E-state index contributed by atoms with van der Waals surface area (Å²) in [4.78, 5) is 13.7. The van der Waals surface area contributed by atoms with E-state index in [4.69, 9.17) is 0 Å². The van der Waals surface area contributed by atoms with Gasteiger partial charge in [0.25, 0.3) is 0 Å². The Morgan fingerprint density at radius 2 is 2.00 bits per heavy atom. The van der Waals surface area contributed by atoms with Crippen LogP contribution in [0.15, 0.2) is 33.6 Å². The molecule has 6 heteroatoms. The highest BCUT2D eigenvalue weighted by Crippen LogP contribution is 2.33. The van der Waals surface area contributed by atoms with Crippen LogP contribution in [0.3, 0.4) is 0 Å². The molecule has 2 atom stereocenters. The molecule has 1 aliphatic heterocycles. The Bertz CT molecular complexity index is 495. The van der Waals surface area contributed by atoms with Gasteiger partial charge in [0.2, 0.25) is 5.91 Å². The van der Waals surface area contributed by atoms with Crippen molar-refractivity contribution in [2.75, 3.05) is 13.1 Å². The predicted octanol–water partition coefficient (Wildman–Crippen LogP) is 3.86. The summed E-state index contributed by atoms with van der Waals surface area (Å²) in [5, 5.41) is 6.56. The molecule has 0 radical (unpaired) electrons. The lowest BCUT2D eigenvalue weighted by molar-refractivity contribution is -0.123. The Balaban J connectivity index is 0.00000242. The van der Waals surface area contributed by atoms with E-state index in [1.165, 1.54) is 0 Å². The minimum absolute atomic E-state index is 0. The number of hydrogen-bond acceptors (Lipinski definition) is 3. The molecule has 1 heterocycles. The largest absolute Gasteiger partial charge is 0.351 e. The van der Waals surface area contributed by atoms with Gasteiger partial charge in [0.1, 0.15) is 0 Å². The summed E-state index contributed by atoms with van der Waals surface area (Å²) in [7, 11) is 0. The Morgan fingerprint density at radius 3 is 2.59 bits per heavy atom. The fourth-order valence-corrected chi connectivity index (χ4v) is 3.65. The number of benzene rings is 1. The zero-order valence-corrected chi connectivity index (χ0v) is 16.4. The minimum Gasteiger partial charge on any atom is -0.351 e. The number of rotatable bonds is 4. The fraction of sp³-hybridized carbons (Fsp3) is 0.562. The number of halogens is 2. The average molecular weight is 408 g/mol. The maximum absolute atomic E-state index is 12.6. The lowest BCUT2D eigenvalue weighted by Crippen LogP contribution is -2.54. The van der Waals surface area contributed by atoms with Gasteiger partial charge in [-0.2, -0.15) is 0 Å². The van der Waals surface area contributed by atoms with Crippen molar-refractivity contribution in [2.45, 2.75) is 42.9 Å². The summed E-state index contributed by atoms with van der Waals surface area (Å²) in [6.07, 6.45) is 1.12. The average Bonchev–Trinajstić information content (AvgIpc) is 2.43. The number of hydrogen-bond donors (Lipinski definition) is 2. The van der Waals surface area contributed by atoms with Gasteiger partial charge in [0.15, 0.2) is 0 Å². The highest BCUT2D eigenvalue weighted by Gasteiger charge is 2.32. The van der Waals surface area contributed by atoms with Crippen LogP contribution in [0.2, 0.25) is 0 Å². The molecule has 1 aromatic rings. The third-order valence-electron chi connectivity index (χ3n) is 3.88. The van der Waals surface area contributed by atoms with Crippen LogP contribution in [0.1, 0.15) is 27.2 Å². The summed E-state index contributed by atoms with van der Waals surface area (Å²) < 4.78 is 0.571. The van der Waals surface area contributed by atoms with E-state index in [0.717, 1.165) is 28.9 Å². The van der Waals surface area contributed by atoms with Crippen molar-refractivity contribution in [1.82, 2.24) is 10.6 Å². The molecule has 3 nitrogen and oxygen atoms in total. The number of nitrogens with one attached hydrogen (secondary N) is 2.